The summed E-state index contributed by atoms with van der Waals surface area (Å²) in [6.07, 6.45) is 13.0. The second kappa shape index (κ2) is 35.0. The normalized spacial score (nSPS) is 16.4. The van der Waals surface area contributed by atoms with Crippen LogP contribution in [-0.4, -0.2) is 116 Å². The van der Waals surface area contributed by atoms with Gasteiger partial charge in [-0.05, 0) is 282 Å². The fraction of sp³-hybridized carbons (Fsp3) is 0.263. The van der Waals surface area contributed by atoms with Crippen molar-refractivity contribution in [1.82, 2.24) is 59.8 Å². The Morgan fingerprint density at radius 1 is 0.227 bits per heavy atom. The second-order valence-electron chi connectivity index (χ2n) is 38.4. The zero-order valence-electron chi connectivity index (χ0n) is 83.4. The summed E-state index contributed by atoms with van der Waals surface area (Å²) >= 11 is 0. The van der Waals surface area contributed by atoms with Crippen molar-refractivity contribution in [2.45, 2.75) is 194 Å². The molecular formula is C114H112N22O5. The first-order valence-corrected chi connectivity index (χ1v) is 48.4. The lowest BCUT2D eigenvalue weighted by molar-refractivity contribution is 0.597. The molecule has 27 nitrogen and oxygen atoms in total. The van der Waals surface area contributed by atoms with Crippen LogP contribution in [0.1, 0.15) is 132 Å². The van der Waals surface area contributed by atoms with Crippen molar-refractivity contribution in [2.75, 3.05) is 56.0 Å². The molecule has 5 aliphatic heterocycles. The van der Waals surface area contributed by atoms with Crippen LogP contribution in [0, 0.1) is 69.2 Å². The molecule has 708 valence electrons. The summed E-state index contributed by atoms with van der Waals surface area (Å²) in [6, 6.07) is 65.9. The van der Waals surface area contributed by atoms with Gasteiger partial charge < -0.3 is 56.4 Å². The van der Waals surface area contributed by atoms with Gasteiger partial charge in [-0.3, -0.25) is 14.7 Å². The number of aryl methyl sites for hydroxylation is 10. The van der Waals surface area contributed by atoms with Crippen molar-refractivity contribution in [3.8, 4) is 0 Å². The van der Waals surface area contributed by atoms with Gasteiger partial charge in [-0.25, -0.2) is 59.8 Å². The van der Waals surface area contributed by atoms with E-state index in [0.717, 1.165) is 224 Å². The van der Waals surface area contributed by atoms with Crippen molar-refractivity contribution in [3.63, 3.8) is 0 Å². The number of furan rings is 5. The van der Waals surface area contributed by atoms with Crippen LogP contribution < -0.4 is 49.0 Å². The van der Waals surface area contributed by atoms with Gasteiger partial charge in [0.25, 0.3) is 0 Å². The van der Waals surface area contributed by atoms with Crippen LogP contribution in [0.25, 0.3) is 110 Å². The van der Waals surface area contributed by atoms with Gasteiger partial charge in [-0.1, -0.05) is 78.9 Å². The van der Waals surface area contributed by atoms with Gasteiger partial charge in [-0.2, -0.15) is 0 Å². The third-order valence-corrected chi connectivity index (χ3v) is 28.2. The van der Waals surface area contributed by atoms with E-state index in [4.69, 9.17) is 37.0 Å². The summed E-state index contributed by atoms with van der Waals surface area (Å²) in [6.45, 7) is 44.7. The standard InChI is InChI=1S/C26H22N4O.2C23H24N4O.C22H23N5O.C20H19N5O/c1-16-11-13-20-21-14-12-17(2)28-26(21)31-24(20)23(16)30-18(3)29(19-8-5-4-6-9-19)22-10-7-15-27-25(22)30;1-13(2)26-16(5)27(19-7-6-12-24-22(19)26)20-14(3)8-10-17-18-11-9-15(4)25-23(18)28-21(17)20;1-13(2)26-16(5)27(22-19(26)7-6-12-24-22)20-14(3)8-10-17-18-11-9-15(4)25-23(18)28-21(17)20;1-12(2)26-15(5)27(21-20(26)23-10-11-24-21)18-13(3)6-8-16-17-9-7-14(4)25-22(17)28-19(16)18;1-11-5-7-14-15-8-6-12(2)23-20(15)26-17(14)16(11)25-13(3)24(4)18-19(25)22-10-9-21-18/h4-15,18H,1-3H3;2*6-13,16H,1-5H3;6-12,15H,1-5H3;5-10,13H,1-4H3. The predicted molar refractivity (Wildman–Crippen MR) is 570 cm³/mol. The van der Waals surface area contributed by atoms with E-state index in [0.29, 0.717) is 46.7 Å². The molecule has 15 aromatic heterocycles. The molecule has 0 aliphatic carbocycles. The average Bonchev–Trinajstić information content (AvgIpc) is 1.60. The molecule has 6 aromatic carbocycles. The van der Waals surface area contributed by atoms with Crippen LogP contribution in [0.3, 0.4) is 0 Å². The maximum absolute atomic E-state index is 6.36. The second-order valence-corrected chi connectivity index (χ2v) is 38.4. The smallest absolute Gasteiger partial charge is 0.227 e. The van der Waals surface area contributed by atoms with E-state index in [9.17, 15) is 0 Å². The molecule has 20 heterocycles. The Morgan fingerprint density at radius 2 is 0.496 bits per heavy atom. The molecule has 0 saturated carbocycles. The number of para-hydroxylation sites is 1. The van der Waals surface area contributed by atoms with E-state index in [2.05, 4.69) is 338 Å². The minimum absolute atomic E-state index is 0.0273. The van der Waals surface area contributed by atoms with E-state index >= 15 is 0 Å². The number of anilines is 16. The van der Waals surface area contributed by atoms with Gasteiger partial charge in [0.2, 0.25) is 28.6 Å². The Kier molecular flexibility index (Phi) is 22.3. The number of rotatable bonds is 9. The molecule has 5 atom stereocenters. The molecule has 0 bridgehead atoms. The molecule has 141 heavy (non-hydrogen) atoms. The van der Waals surface area contributed by atoms with Crippen molar-refractivity contribution < 1.29 is 22.1 Å². The highest BCUT2D eigenvalue weighted by atomic mass is 16.4. The number of hydrogen-bond acceptors (Lipinski definition) is 27. The van der Waals surface area contributed by atoms with Crippen LogP contribution in [-0.2, 0) is 0 Å². The van der Waals surface area contributed by atoms with Crippen molar-refractivity contribution in [1.29, 1.82) is 0 Å². The molecule has 0 spiro atoms. The third kappa shape index (κ3) is 14.7. The molecule has 0 N–H and O–H groups in total. The Labute approximate surface area is 817 Å². The Hall–Kier alpha value is -16.3. The molecule has 26 rings (SSSR count). The quantitative estimate of drug-likeness (QED) is 0.130. The lowest BCUT2D eigenvalue weighted by atomic mass is 10.1. The molecular weight excluding hydrogens is 1760 g/mol. The molecule has 21 aromatic rings. The van der Waals surface area contributed by atoms with Gasteiger partial charge >= 0.3 is 0 Å². The van der Waals surface area contributed by atoms with E-state index in [1.54, 1.807) is 24.8 Å². The zero-order chi connectivity index (χ0) is 97.8. The molecule has 0 amide bonds. The number of aromatic nitrogens is 12. The van der Waals surface area contributed by atoms with Crippen molar-refractivity contribution in [2.24, 2.45) is 0 Å². The summed E-state index contributed by atoms with van der Waals surface area (Å²) in [5.74, 6) is 6.42. The fourth-order valence-corrected chi connectivity index (χ4v) is 21.7. The van der Waals surface area contributed by atoms with Crippen molar-refractivity contribution in [3.05, 3.63) is 288 Å². The van der Waals surface area contributed by atoms with Crippen LogP contribution in [0.4, 0.5) is 91.9 Å². The van der Waals surface area contributed by atoms with Crippen LogP contribution in [0.15, 0.2) is 254 Å². The highest BCUT2D eigenvalue weighted by Crippen LogP contribution is 2.56. The maximum atomic E-state index is 6.36. The third-order valence-electron chi connectivity index (χ3n) is 28.2. The molecule has 27 heteroatoms. The lowest BCUT2D eigenvalue weighted by Crippen LogP contribution is -2.42. The van der Waals surface area contributed by atoms with Gasteiger partial charge in [0, 0.05) is 157 Å². The van der Waals surface area contributed by atoms with E-state index < -0.39 is 0 Å². The topological polar surface area (TPSA) is 253 Å². The summed E-state index contributed by atoms with van der Waals surface area (Å²) in [4.78, 5) is 78.6. The lowest BCUT2D eigenvalue weighted by Gasteiger charge is -2.33. The van der Waals surface area contributed by atoms with Crippen LogP contribution in [0.2, 0.25) is 0 Å². The summed E-state index contributed by atoms with van der Waals surface area (Å²) in [7, 11) is 2.04. The molecule has 5 unspecified atom stereocenters. The average molecular weight is 1870 g/mol. The van der Waals surface area contributed by atoms with Crippen molar-refractivity contribution >= 4 is 202 Å². The number of hydrogen-bond donors (Lipinski definition) is 0. The number of fused-ring (bicyclic) bond motifs is 20. The first kappa shape index (κ1) is 89.9. The van der Waals surface area contributed by atoms with Crippen LogP contribution >= 0.6 is 0 Å². The maximum Gasteiger partial charge on any atom is 0.227 e. The highest BCUT2D eigenvalue weighted by Gasteiger charge is 2.45. The highest BCUT2D eigenvalue weighted by molar-refractivity contribution is 6.15. The van der Waals surface area contributed by atoms with E-state index in [-0.39, 0.29) is 30.8 Å². The van der Waals surface area contributed by atoms with Gasteiger partial charge in [0.15, 0.2) is 68.6 Å². The Balaban J connectivity index is 0.000000101. The molecule has 0 saturated heterocycles. The fourth-order valence-electron chi connectivity index (χ4n) is 21.7. The minimum Gasteiger partial charge on any atom is -0.435 e. The molecule has 0 fully saturated rings. The summed E-state index contributed by atoms with van der Waals surface area (Å²) in [5.41, 5.74) is 28.0. The number of nitrogens with zero attached hydrogens (tertiary/aromatic N) is 22. The Morgan fingerprint density at radius 3 is 0.872 bits per heavy atom. The summed E-state index contributed by atoms with van der Waals surface area (Å²) < 4.78 is 31.5. The van der Waals surface area contributed by atoms with Gasteiger partial charge in [0.1, 0.15) is 30.8 Å². The van der Waals surface area contributed by atoms with E-state index in [1.807, 2.05) is 115 Å². The predicted octanol–water partition coefficient (Wildman–Crippen LogP) is 27.5. The summed E-state index contributed by atoms with van der Waals surface area (Å²) in [5, 5.41) is 10.6. The van der Waals surface area contributed by atoms with Gasteiger partial charge in [0.05, 0.1) is 45.5 Å². The number of pyridine rings is 8. The van der Waals surface area contributed by atoms with Gasteiger partial charge in [-0.15, -0.1) is 0 Å². The molecule has 0 radical (unpaired) electrons. The zero-order valence-corrected chi connectivity index (χ0v) is 83.4. The number of benzene rings is 6. The minimum atomic E-state index is 0.0273. The van der Waals surface area contributed by atoms with E-state index in [1.165, 1.54) is 5.56 Å². The molecule has 5 aliphatic rings. The Bertz CT molecular complexity index is 8060. The monoisotopic (exact) mass is 1870 g/mol. The largest absolute Gasteiger partial charge is 0.435 e. The first-order valence-electron chi connectivity index (χ1n) is 48.4. The van der Waals surface area contributed by atoms with Crippen LogP contribution in [0.5, 0.6) is 0 Å². The SMILES string of the molecule is Cc1ccc2c(n1)oc1c(N3c4cccnc4N(C(C)C)C3C)c(C)ccc12.Cc1ccc2c(n1)oc1c(N3c4ncccc4N(C(C)C)C3C)c(C)ccc12.Cc1ccc2c(n1)oc1c(N3c4ncccc4N(c4ccccc4)C3C)c(C)ccc12.Cc1ccc2c(n1)oc1c(N3c4nccnc4N(C(C)C)C3C)c(C)ccc12.Cc1ccc2c(n1)oc1c(N3c4nccnc4N(C)C3C)c(C)ccc12. The first-order chi connectivity index (χ1) is 68.1.